The molecule has 0 bridgehead atoms. The van der Waals surface area contributed by atoms with Crippen LogP contribution in [0.3, 0.4) is 0 Å². The maximum atomic E-state index is 11.5. The Hall–Kier alpha value is 0.355. The van der Waals surface area contributed by atoms with Gasteiger partial charge in [-0.15, -0.1) is 0 Å². The highest BCUT2D eigenvalue weighted by Gasteiger charge is 2.42. The molecule has 1 rings (SSSR count). The molecule has 0 aromatic carbocycles. The molecular weight excluding hydrogens is 382 g/mol. The molecule has 1 aliphatic heterocycles. The fourth-order valence-corrected chi connectivity index (χ4v) is 4.69. The minimum absolute atomic E-state index is 0.174. The van der Waals surface area contributed by atoms with Gasteiger partial charge in [0.2, 0.25) is 0 Å². The summed E-state index contributed by atoms with van der Waals surface area (Å²) in [5.74, 6) is 0. The molecule has 17 heteroatoms. The molecule has 5 unspecified atom stereocenters. The molecule has 0 spiro atoms. The monoisotopic (exact) mass is 397 g/mol. The smallest absolute Gasteiger partial charge is 0.380 e. The second kappa shape index (κ2) is 8.16. The second-order valence-electron chi connectivity index (χ2n) is 4.21. The van der Waals surface area contributed by atoms with E-state index in [1.54, 1.807) is 0 Å². The van der Waals surface area contributed by atoms with E-state index in [9.17, 15) is 18.6 Å². The predicted molar refractivity (Wildman–Crippen MR) is 72.8 cm³/mol. The van der Waals surface area contributed by atoms with Crippen LogP contribution < -0.4 is 5.73 Å². The fraction of sp³-hybridized carbons (Fsp3) is 1.00. The van der Waals surface area contributed by atoms with Crippen LogP contribution in [0, 0.1) is 0 Å². The van der Waals surface area contributed by atoms with Crippen LogP contribution in [0.25, 0.3) is 0 Å². The number of hydrogen-bond acceptors (Lipinski definition) is 9. The largest absolute Gasteiger partial charge is 0.490 e. The van der Waals surface area contributed by atoms with Crippen molar-refractivity contribution < 1.29 is 55.9 Å². The number of rotatable bonds is 9. The highest BCUT2D eigenvalue weighted by Crippen LogP contribution is 2.66. The molecular formula is C6H15BNO12P3. The lowest BCUT2D eigenvalue weighted by atomic mass is 9.96. The normalized spacial score (nSPS) is 30.7. The van der Waals surface area contributed by atoms with Crippen molar-refractivity contribution in [2.45, 2.75) is 24.6 Å². The Morgan fingerprint density at radius 2 is 1.74 bits per heavy atom. The van der Waals surface area contributed by atoms with Crippen LogP contribution in [0.4, 0.5) is 0 Å². The maximum Gasteiger partial charge on any atom is 0.490 e. The third kappa shape index (κ3) is 8.33. The number of hydrogen-bond donors (Lipinski definition) is 5. The standard InChI is InChI=1S/C6H15BNO12P3/c7-6-1-4(16-3-8)5(18-6)2-17-22(12,13)20-23(14,15)19-21(9,10)11/h4-6H,1-3,8H2,(H,12,13)(H,14,15)(H2,9,10,11). The van der Waals surface area contributed by atoms with Gasteiger partial charge in [-0.1, -0.05) is 0 Å². The maximum absolute atomic E-state index is 11.5. The molecule has 1 saturated heterocycles. The summed E-state index contributed by atoms with van der Waals surface area (Å²) in [5.41, 5.74) is 5.19. The van der Waals surface area contributed by atoms with Crippen LogP contribution >= 0.6 is 23.5 Å². The molecule has 0 saturated carbocycles. The first-order chi connectivity index (χ1) is 10.3. The summed E-state index contributed by atoms with van der Waals surface area (Å²) in [4.78, 5) is 35.0. The second-order valence-corrected chi connectivity index (χ2v) is 8.63. The Balaban J connectivity index is 2.60. The highest BCUT2D eigenvalue weighted by atomic mass is 31.3. The quantitative estimate of drug-likeness (QED) is 0.179. The van der Waals surface area contributed by atoms with E-state index in [1.807, 2.05) is 0 Å². The van der Waals surface area contributed by atoms with Gasteiger partial charge in [-0.25, -0.2) is 13.7 Å². The van der Waals surface area contributed by atoms with E-state index in [0.29, 0.717) is 0 Å². The molecule has 1 heterocycles. The zero-order valence-corrected chi connectivity index (χ0v) is 14.1. The van der Waals surface area contributed by atoms with Crippen LogP contribution in [-0.2, 0) is 36.3 Å². The minimum Gasteiger partial charge on any atom is -0.380 e. The van der Waals surface area contributed by atoms with Gasteiger partial charge < -0.3 is 34.8 Å². The van der Waals surface area contributed by atoms with E-state index in [0.717, 1.165) is 0 Å². The lowest BCUT2D eigenvalue weighted by Gasteiger charge is -2.20. The number of phosphoric acid groups is 3. The Kier molecular flexibility index (Phi) is 7.59. The molecule has 0 aromatic heterocycles. The molecule has 134 valence electrons. The van der Waals surface area contributed by atoms with E-state index in [4.69, 9.17) is 37.7 Å². The average molecular weight is 397 g/mol. The molecule has 1 fully saturated rings. The first-order valence-corrected chi connectivity index (χ1v) is 10.4. The third-order valence-corrected chi connectivity index (χ3v) is 6.16. The molecule has 2 radical (unpaired) electrons. The van der Waals surface area contributed by atoms with Gasteiger partial charge in [-0.2, -0.15) is 8.62 Å². The molecule has 23 heavy (non-hydrogen) atoms. The van der Waals surface area contributed by atoms with Gasteiger partial charge in [0.05, 0.1) is 19.4 Å². The summed E-state index contributed by atoms with van der Waals surface area (Å²) in [5, 5.41) is 0. The van der Waals surface area contributed by atoms with Gasteiger partial charge in [-0.3, -0.25) is 4.52 Å². The Morgan fingerprint density at radius 1 is 1.13 bits per heavy atom. The van der Waals surface area contributed by atoms with Crippen molar-refractivity contribution in [1.82, 2.24) is 0 Å². The van der Waals surface area contributed by atoms with Crippen molar-refractivity contribution in [3.8, 4) is 0 Å². The summed E-state index contributed by atoms with van der Waals surface area (Å²) < 4.78 is 54.8. The summed E-state index contributed by atoms with van der Waals surface area (Å²) in [6.45, 7) is -0.811. The first-order valence-electron chi connectivity index (χ1n) is 5.84. The predicted octanol–water partition coefficient (Wildman–Crippen LogP) is -1.09. The molecule has 0 aromatic rings. The summed E-state index contributed by atoms with van der Waals surface area (Å²) in [7, 11) is -10.7. The van der Waals surface area contributed by atoms with Crippen molar-refractivity contribution >= 4 is 31.3 Å². The van der Waals surface area contributed by atoms with Crippen LogP contribution in [0.2, 0.25) is 0 Å². The summed E-state index contributed by atoms with van der Waals surface area (Å²) in [6, 6.07) is -0.735. The molecule has 1 aliphatic rings. The van der Waals surface area contributed by atoms with Crippen LogP contribution in [0.1, 0.15) is 6.42 Å². The zero-order chi connectivity index (χ0) is 17.9. The van der Waals surface area contributed by atoms with Crippen molar-refractivity contribution in [2.75, 3.05) is 13.3 Å². The van der Waals surface area contributed by atoms with Crippen molar-refractivity contribution in [1.29, 1.82) is 0 Å². The van der Waals surface area contributed by atoms with Crippen LogP contribution in [0.15, 0.2) is 0 Å². The van der Waals surface area contributed by atoms with Gasteiger partial charge in [0, 0.05) is 6.00 Å². The van der Waals surface area contributed by atoms with E-state index in [-0.39, 0.29) is 13.2 Å². The van der Waals surface area contributed by atoms with Crippen LogP contribution in [0.5, 0.6) is 0 Å². The average Bonchev–Trinajstić information content (AvgIpc) is 2.63. The van der Waals surface area contributed by atoms with Gasteiger partial charge >= 0.3 is 23.5 Å². The van der Waals surface area contributed by atoms with Gasteiger partial charge in [0.15, 0.2) is 0 Å². The van der Waals surface area contributed by atoms with Gasteiger partial charge in [0.1, 0.15) is 14.0 Å². The molecule has 0 aliphatic carbocycles. The molecule has 6 N–H and O–H groups in total. The number of ether oxygens (including phenoxy) is 2. The van der Waals surface area contributed by atoms with Crippen molar-refractivity contribution in [3.05, 3.63) is 0 Å². The number of phosphoric ester groups is 1. The fourth-order valence-electron chi connectivity index (χ4n) is 1.66. The first kappa shape index (κ1) is 21.4. The van der Waals surface area contributed by atoms with Gasteiger partial charge in [0.25, 0.3) is 0 Å². The zero-order valence-electron chi connectivity index (χ0n) is 11.4. The molecule has 0 amide bonds. The van der Waals surface area contributed by atoms with Crippen molar-refractivity contribution in [3.63, 3.8) is 0 Å². The summed E-state index contributed by atoms with van der Waals surface area (Å²) >= 11 is 0. The SMILES string of the molecule is [B]C1CC(OCN)C(COP(=O)(O)OP(=O)(O)OP(=O)(O)O)O1. The number of nitrogens with two attached hydrogens (primary N) is 1. The van der Waals surface area contributed by atoms with E-state index >= 15 is 0 Å². The van der Waals surface area contributed by atoms with Crippen LogP contribution in [-0.4, -0.2) is 59.0 Å². The lowest BCUT2D eigenvalue weighted by Crippen LogP contribution is -2.30. The Morgan fingerprint density at radius 3 is 2.26 bits per heavy atom. The van der Waals surface area contributed by atoms with E-state index in [2.05, 4.69) is 13.1 Å². The highest BCUT2D eigenvalue weighted by molar-refractivity contribution is 7.66. The Labute approximate surface area is 131 Å². The van der Waals surface area contributed by atoms with Crippen molar-refractivity contribution in [2.24, 2.45) is 5.73 Å². The van der Waals surface area contributed by atoms with Gasteiger partial charge in [-0.05, 0) is 6.42 Å². The van der Waals surface area contributed by atoms with E-state index < -0.39 is 48.3 Å². The lowest BCUT2D eigenvalue weighted by molar-refractivity contribution is -0.0348. The van der Waals surface area contributed by atoms with E-state index in [1.165, 1.54) is 0 Å². The molecule has 13 nitrogen and oxygen atoms in total. The summed E-state index contributed by atoms with van der Waals surface area (Å²) in [6.07, 6.45) is -1.34. The third-order valence-electron chi connectivity index (χ3n) is 2.36. The Bertz CT molecular complexity index is 539. The minimum atomic E-state index is -5.55. The topological polar surface area (TPSA) is 204 Å². The molecule has 5 atom stereocenters.